The van der Waals surface area contributed by atoms with Crippen LogP contribution >= 0.6 is 11.3 Å². The molecule has 5 heteroatoms. The molecular weight excluding hydrogens is 320 g/mol. The third-order valence-electron chi connectivity index (χ3n) is 5.51. The maximum atomic E-state index is 12.7. The van der Waals surface area contributed by atoms with Crippen molar-refractivity contribution < 1.29 is 9.90 Å². The Labute approximate surface area is 145 Å². The maximum absolute atomic E-state index is 12.7. The smallest absolute Gasteiger partial charge is 0.229 e. The van der Waals surface area contributed by atoms with Gasteiger partial charge in [-0.1, -0.05) is 30.3 Å². The van der Waals surface area contributed by atoms with Gasteiger partial charge >= 0.3 is 0 Å². The van der Waals surface area contributed by atoms with Gasteiger partial charge in [-0.3, -0.25) is 4.79 Å². The lowest BCUT2D eigenvalue weighted by molar-refractivity contribution is -0.126. The molecule has 2 aliphatic carbocycles. The van der Waals surface area contributed by atoms with Crippen LogP contribution in [0.5, 0.6) is 0 Å². The van der Waals surface area contributed by atoms with E-state index in [0.29, 0.717) is 25.2 Å². The summed E-state index contributed by atoms with van der Waals surface area (Å²) in [5, 5.41) is 11.4. The van der Waals surface area contributed by atoms with E-state index >= 15 is 0 Å². The Balaban J connectivity index is 1.81. The van der Waals surface area contributed by atoms with Crippen LogP contribution in [0.4, 0.5) is 0 Å². The van der Waals surface area contributed by atoms with Crippen molar-refractivity contribution >= 4 is 17.2 Å². The highest BCUT2D eigenvalue weighted by Crippen LogP contribution is 2.52. The van der Waals surface area contributed by atoms with Crippen LogP contribution in [0.3, 0.4) is 0 Å². The monoisotopic (exact) mass is 342 g/mol. The van der Waals surface area contributed by atoms with Crippen LogP contribution in [0.2, 0.25) is 0 Å². The normalized spacial score (nSPS) is 30.2. The molecule has 0 spiro atoms. The second-order valence-corrected chi connectivity index (χ2v) is 8.13. The van der Waals surface area contributed by atoms with Crippen LogP contribution in [0, 0.1) is 0 Å². The van der Waals surface area contributed by atoms with Gasteiger partial charge in [-0.15, -0.1) is 11.3 Å². The number of primary amides is 1. The van der Waals surface area contributed by atoms with Gasteiger partial charge < -0.3 is 10.8 Å². The zero-order valence-corrected chi connectivity index (χ0v) is 14.3. The zero-order chi connectivity index (χ0) is 16.7. The summed E-state index contributed by atoms with van der Waals surface area (Å²) in [4.78, 5) is 18.2. The quantitative estimate of drug-likeness (QED) is 0.896. The number of aromatic nitrogens is 1. The van der Waals surface area contributed by atoms with E-state index in [2.05, 4.69) is 4.98 Å². The van der Waals surface area contributed by atoms with Crippen LogP contribution in [-0.4, -0.2) is 22.1 Å². The lowest BCUT2D eigenvalue weighted by Gasteiger charge is -2.43. The van der Waals surface area contributed by atoms with Crippen molar-refractivity contribution in [1.82, 2.24) is 4.98 Å². The summed E-state index contributed by atoms with van der Waals surface area (Å²) >= 11 is 1.64. The molecule has 3 atom stereocenters. The molecule has 0 bridgehead atoms. The van der Waals surface area contributed by atoms with Crippen molar-refractivity contribution in [2.75, 3.05) is 0 Å². The predicted octanol–water partition coefficient (Wildman–Crippen LogP) is 3.07. The highest BCUT2D eigenvalue weighted by molar-refractivity contribution is 7.12. The first-order chi connectivity index (χ1) is 11.6. The van der Waals surface area contributed by atoms with E-state index in [1.54, 1.807) is 11.3 Å². The van der Waals surface area contributed by atoms with Gasteiger partial charge in [0, 0.05) is 22.9 Å². The predicted molar refractivity (Wildman–Crippen MR) is 94.0 cm³/mol. The van der Waals surface area contributed by atoms with Crippen molar-refractivity contribution in [2.24, 2.45) is 5.73 Å². The minimum Gasteiger partial charge on any atom is -0.393 e. The summed E-state index contributed by atoms with van der Waals surface area (Å²) in [5.74, 6) is 0.166. The Bertz CT molecular complexity index is 741. The highest BCUT2D eigenvalue weighted by atomic mass is 32.1. The van der Waals surface area contributed by atoms with Gasteiger partial charge in [0.25, 0.3) is 0 Å². The Morgan fingerprint density at radius 2 is 2.00 bits per heavy atom. The van der Waals surface area contributed by atoms with Crippen molar-refractivity contribution in [3.8, 4) is 0 Å². The van der Waals surface area contributed by atoms with Gasteiger partial charge in [0.2, 0.25) is 5.91 Å². The molecule has 0 aliphatic heterocycles. The molecule has 126 valence electrons. The molecule has 3 N–H and O–H groups in total. The van der Waals surface area contributed by atoms with Crippen molar-refractivity contribution in [2.45, 2.75) is 55.5 Å². The minimum absolute atomic E-state index is 0.104. The Morgan fingerprint density at radius 3 is 2.67 bits per heavy atom. The molecule has 1 heterocycles. The van der Waals surface area contributed by atoms with E-state index < -0.39 is 11.5 Å². The van der Waals surface area contributed by atoms with Crippen LogP contribution in [0.1, 0.15) is 59.4 Å². The van der Waals surface area contributed by atoms with Crippen molar-refractivity contribution in [3.05, 3.63) is 52.0 Å². The number of thiazole rings is 1. The standard InChI is InChI=1S/C19H22N2O2S/c20-18(23)19(16-11-21-17(24-16)13-6-7-13)9-8-14(22)10-15(19)12-4-2-1-3-5-12/h1-5,11,13-15,22H,6-10H2,(H2,20,23). The van der Waals surface area contributed by atoms with Gasteiger partial charge in [-0.2, -0.15) is 0 Å². The summed E-state index contributed by atoms with van der Waals surface area (Å²) in [7, 11) is 0. The average Bonchev–Trinajstić information content (AvgIpc) is 3.33. The third kappa shape index (κ3) is 2.56. The van der Waals surface area contributed by atoms with E-state index in [9.17, 15) is 9.90 Å². The number of carbonyl (C=O) groups excluding carboxylic acids is 1. The average molecular weight is 342 g/mol. The summed E-state index contributed by atoms with van der Waals surface area (Å²) < 4.78 is 0. The molecule has 0 saturated heterocycles. The summed E-state index contributed by atoms with van der Waals surface area (Å²) in [6, 6.07) is 9.98. The maximum Gasteiger partial charge on any atom is 0.229 e. The highest BCUT2D eigenvalue weighted by Gasteiger charge is 2.51. The third-order valence-corrected chi connectivity index (χ3v) is 6.84. The number of carbonyl (C=O) groups is 1. The Morgan fingerprint density at radius 1 is 1.25 bits per heavy atom. The number of aliphatic hydroxyl groups is 1. The van der Waals surface area contributed by atoms with E-state index in [1.807, 2.05) is 36.5 Å². The summed E-state index contributed by atoms with van der Waals surface area (Å²) in [6.45, 7) is 0. The molecule has 2 aliphatic rings. The number of hydrogen-bond acceptors (Lipinski definition) is 4. The fourth-order valence-corrected chi connectivity index (χ4v) is 5.36. The first kappa shape index (κ1) is 15.8. The molecule has 1 aromatic heterocycles. The van der Waals surface area contributed by atoms with E-state index in [0.717, 1.165) is 15.4 Å². The first-order valence-electron chi connectivity index (χ1n) is 8.60. The number of benzene rings is 1. The SMILES string of the molecule is NC(=O)C1(c2cnc(C3CC3)s2)CCC(O)CC1c1ccccc1. The lowest BCUT2D eigenvalue weighted by Crippen LogP contribution is -2.49. The minimum atomic E-state index is -0.759. The van der Waals surface area contributed by atoms with Gasteiger partial charge in [0.15, 0.2) is 0 Å². The first-order valence-corrected chi connectivity index (χ1v) is 9.42. The van der Waals surface area contributed by atoms with Gasteiger partial charge in [0.1, 0.15) is 0 Å². The molecule has 4 rings (SSSR count). The van der Waals surface area contributed by atoms with E-state index in [-0.39, 0.29) is 11.8 Å². The fraction of sp³-hybridized carbons (Fsp3) is 0.474. The van der Waals surface area contributed by atoms with E-state index in [1.165, 1.54) is 12.8 Å². The molecule has 24 heavy (non-hydrogen) atoms. The molecular formula is C19H22N2O2S. The number of amides is 1. The second-order valence-electron chi connectivity index (χ2n) is 7.06. The number of hydrogen-bond donors (Lipinski definition) is 2. The summed E-state index contributed by atoms with van der Waals surface area (Å²) in [6.07, 6.45) is 5.59. The number of nitrogens with two attached hydrogens (primary N) is 1. The number of rotatable bonds is 4. The Kier molecular flexibility index (Phi) is 3.93. The number of aliphatic hydroxyl groups excluding tert-OH is 1. The molecule has 2 aromatic rings. The number of nitrogens with zero attached hydrogens (tertiary/aromatic N) is 1. The van der Waals surface area contributed by atoms with Gasteiger partial charge in [-0.25, -0.2) is 4.98 Å². The molecule has 4 nitrogen and oxygen atoms in total. The zero-order valence-electron chi connectivity index (χ0n) is 13.5. The van der Waals surface area contributed by atoms with Gasteiger partial charge in [0.05, 0.1) is 16.5 Å². The van der Waals surface area contributed by atoms with Crippen LogP contribution in [0.25, 0.3) is 0 Å². The molecule has 1 aromatic carbocycles. The molecule has 1 amide bonds. The molecule has 2 saturated carbocycles. The van der Waals surface area contributed by atoms with Crippen molar-refractivity contribution in [3.63, 3.8) is 0 Å². The lowest BCUT2D eigenvalue weighted by atomic mass is 9.62. The largest absolute Gasteiger partial charge is 0.393 e. The summed E-state index contributed by atoms with van der Waals surface area (Å²) in [5.41, 5.74) is 6.27. The van der Waals surface area contributed by atoms with Gasteiger partial charge in [-0.05, 0) is 37.7 Å². The second kappa shape index (κ2) is 5.97. The van der Waals surface area contributed by atoms with Crippen molar-refractivity contribution in [1.29, 1.82) is 0 Å². The molecule has 3 unspecified atom stereocenters. The van der Waals surface area contributed by atoms with E-state index in [4.69, 9.17) is 5.73 Å². The van der Waals surface area contributed by atoms with Crippen LogP contribution in [0.15, 0.2) is 36.5 Å². The molecule has 0 radical (unpaired) electrons. The topological polar surface area (TPSA) is 76.2 Å². The van der Waals surface area contributed by atoms with Crippen LogP contribution < -0.4 is 5.73 Å². The fourth-order valence-electron chi connectivity index (χ4n) is 3.99. The van der Waals surface area contributed by atoms with Crippen LogP contribution in [-0.2, 0) is 10.2 Å². The molecule has 2 fully saturated rings. The Hall–Kier alpha value is -1.72.